The van der Waals surface area contributed by atoms with Gasteiger partial charge < -0.3 is 0 Å². The van der Waals surface area contributed by atoms with Crippen LogP contribution in [0.3, 0.4) is 0 Å². The predicted octanol–water partition coefficient (Wildman–Crippen LogP) is 6.53. The summed E-state index contributed by atoms with van der Waals surface area (Å²) in [5, 5.41) is 1.54. The molecule has 2 aromatic heterocycles. The Morgan fingerprint density at radius 3 is 2.24 bits per heavy atom. The molecule has 0 amide bonds. The average molecular weight is 509 g/mol. The number of aromatic nitrogens is 2. The highest BCUT2D eigenvalue weighted by Gasteiger charge is 2.86. The van der Waals surface area contributed by atoms with Crippen LogP contribution in [0.5, 0.6) is 0 Å². The lowest BCUT2D eigenvalue weighted by atomic mass is 9.92. The molecular weight excluding hydrogens is 476 g/mol. The van der Waals surface area contributed by atoms with Gasteiger partial charge in [-0.05, 0) is 41.4 Å². The van der Waals surface area contributed by atoms with Crippen LogP contribution < -0.4 is 14.3 Å². The smallest absolute Gasteiger partial charge is 0.187 e. The number of pyridine rings is 2. The van der Waals surface area contributed by atoms with Crippen molar-refractivity contribution >= 4 is 13.3 Å². The number of aryl methyl sites for hydroxylation is 1. The Balaban J connectivity index is 1.48. The van der Waals surface area contributed by atoms with Crippen LogP contribution in [0.15, 0.2) is 109 Å². The quantitative estimate of drug-likeness (QED) is 0.189. The van der Waals surface area contributed by atoms with E-state index in [-0.39, 0.29) is 5.54 Å². The van der Waals surface area contributed by atoms with E-state index in [2.05, 4.69) is 145 Å². The summed E-state index contributed by atoms with van der Waals surface area (Å²) >= 11 is 0. The minimum absolute atomic E-state index is 0.132. The first-order chi connectivity index (χ1) is 18.4. The van der Waals surface area contributed by atoms with Crippen molar-refractivity contribution in [1.29, 1.82) is 0 Å². The Hall–Kier alpha value is -3.82. The van der Waals surface area contributed by atoms with Crippen molar-refractivity contribution in [1.82, 2.24) is 0 Å². The third-order valence-electron chi connectivity index (χ3n) is 9.22. The molecule has 0 N–H and O–H groups in total. The molecule has 1 spiro atoms. The van der Waals surface area contributed by atoms with Gasteiger partial charge in [0.05, 0.1) is 19.2 Å². The van der Waals surface area contributed by atoms with Crippen LogP contribution in [0, 0.1) is 6.92 Å². The van der Waals surface area contributed by atoms with Crippen LogP contribution in [0.2, 0.25) is 19.6 Å². The Bertz CT molecular complexity index is 1780. The van der Waals surface area contributed by atoms with Crippen molar-refractivity contribution < 1.29 is 9.13 Å². The summed E-state index contributed by atoms with van der Waals surface area (Å²) < 4.78 is 5.27. The second-order valence-corrected chi connectivity index (χ2v) is 17.3. The first kappa shape index (κ1) is 22.2. The molecule has 0 bridgehead atoms. The third-order valence-corrected chi connectivity index (χ3v) is 11.3. The van der Waals surface area contributed by atoms with E-state index < -0.39 is 8.07 Å². The van der Waals surface area contributed by atoms with Gasteiger partial charge in [0.15, 0.2) is 12.4 Å². The van der Waals surface area contributed by atoms with Gasteiger partial charge in [0, 0.05) is 28.8 Å². The Labute approximate surface area is 225 Å². The molecule has 3 aliphatic rings. The van der Waals surface area contributed by atoms with E-state index in [1.54, 1.807) is 0 Å². The maximum atomic E-state index is 2.68. The number of rotatable bonds is 2. The molecule has 1 fully saturated rings. The molecule has 3 aromatic carbocycles. The first-order valence-corrected chi connectivity index (χ1v) is 17.3. The lowest BCUT2D eigenvalue weighted by Crippen LogP contribution is -2.53. The van der Waals surface area contributed by atoms with Crippen molar-refractivity contribution in [2.75, 3.05) is 0 Å². The fraction of sp³-hybridized carbons (Fsp3) is 0.200. The van der Waals surface area contributed by atoms with E-state index in [0.717, 1.165) is 0 Å². The Morgan fingerprint density at radius 1 is 0.737 bits per heavy atom. The van der Waals surface area contributed by atoms with Crippen molar-refractivity contribution in [2.45, 2.75) is 44.1 Å². The SMILES string of the molecule is Cc1ccc[n+]2c1-c1ccccc1C1C2C12c1ccccc1-c1cc([Si](C)(C)C)c(-c3ccccc3)c[n+]12. The highest BCUT2D eigenvalue weighted by Crippen LogP contribution is 2.70. The second kappa shape index (κ2) is 7.39. The highest BCUT2D eigenvalue weighted by molar-refractivity contribution is 6.89. The molecule has 4 heterocycles. The average Bonchev–Trinajstić information content (AvgIpc) is 3.55. The van der Waals surface area contributed by atoms with Crippen molar-refractivity contribution in [2.24, 2.45) is 0 Å². The largest absolute Gasteiger partial charge is 0.269 e. The van der Waals surface area contributed by atoms with Crippen molar-refractivity contribution in [3.63, 3.8) is 0 Å². The molecule has 3 heteroatoms. The Morgan fingerprint density at radius 2 is 1.45 bits per heavy atom. The van der Waals surface area contributed by atoms with Gasteiger partial charge in [-0.25, -0.2) is 0 Å². The molecule has 3 unspecified atom stereocenters. The molecule has 3 atom stereocenters. The number of nitrogens with zero attached hydrogens (tertiary/aromatic N) is 2. The van der Waals surface area contributed by atoms with Crippen LogP contribution in [0.25, 0.3) is 33.6 Å². The van der Waals surface area contributed by atoms with Crippen LogP contribution in [-0.2, 0) is 5.54 Å². The van der Waals surface area contributed by atoms with E-state index in [1.807, 2.05) is 0 Å². The molecule has 1 aliphatic carbocycles. The van der Waals surface area contributed by atoms with E-state index in [1.165, 1.54) is 55.5 Å². The summed E-state index contributed by atoms with van der Waals surface area (Å²) in [7, 11) is -1.63. The molecule has 38 heavy (non-hydrogen) atoms. The van der Waals surface area contributed by atoms with Crippen LogP contribution in [0.1, 0.15) is 28.7 Å². The number of benzene rings is 3. The van der Waals surface area contributed by atoms with E-state index in [4.69, 9.17) is 0 Å². The molecule has 8 rings (SSSR count). The molecule has 5 aromatic rings. The lowest BCUT2D eigenvalue weighted by Gasteiger charge is -2.21. The maximum absolute atomic E-state index is 2.68. The van der Waals surface area contributed by atoms with E-state index in [0.29, 0.717) is 12.0 Å². The van der Waals surface area contributed by atoms with Gasteiger partial charge in [0.2, 0.25) is 17.4 Å². The molecule has 2 nitrogen and oxygen atoms in total. The summed E-state index contributed by atoms with van der Waals surface area (Å²) in [6, 6.07) is 36.8. The minimum atomic E-state index is -1.63. The molecular formula is C35H32N2Si+2. The second-order valence-electron chi connectivity index (χ2n) is 12.3. The molecule has 184 valence electrons. The van der Waals surface area contributed by atoms with Crippen molar-refractivity contribution in [3.05, 3.63) is 126 Å². The Kier molecular flexibility index (Phi) is 4.31. The highest BCUT2D eigenvalue weighted by atomic mass is 28.3. The molecule has 2 aliphatic heterocycles. The molecule has 0 radical (unpaired) electrons. The summed E-state index contributed by atoms with van der Waals surface area (Å²) in [4.78, 5) is 0. The maximum Gasteiger partial charge on any atom is 0.269 e. The van der Waals surface area contributed by atoms with Crippen LogP contribution in [-0.4, -0.2) is 8.07 Å². The third kappa shape index (κ3) is 2.67. The summed E-state index contributed by atoms with van der Waals surface area (Å²) in [6.07, 6.45) is 4.84. The van der Waals surface area contributed by atoms with Gasteiger partial charge in [-0.2, -0.15) is 9.13 Å². The fourth-order valence-corrected chi connectivity index (χ4v) is 9.27. The normalized spacial score (nSPS) is 21.8. The van der Waals surface area contributed by atoms with E-state index in [9.17, 15) is 0 Å². The number of hydrogen-bond acceptors (Lipinski definition) is 0. The molecule has 0 saturated heterocycles. The monoisotopic (exact) mass is 508 g/mol. The van der Waals surface area contributed by atoms with Crippen molar-refractivity contribution in [3.8, 4) is 33.6 Å². The molecule has 1 saturated carbocycles. The van der Waals surface area contributed by atoms with Crippen LogP contribution in [0.4, 0.5) is 0 Å². The summed E-state index contributed by atoms with van der Waals surface area (Å²) in [5.41, 5.74) is 12.4. The minimum Gasteiger partial charge on any atom is -0.187 e. The first-order valence-electron chi connectivity index (χ1n) is 13.8. The number of hydrogen-bond donors (Lipinski definition) is 0. The van der Waals surface area contributed by atoms with Gasteiger partial charge >= 0.3 is 0 Å². The van der Waals surface area contributed by atoms with Crippen LogP contribution >= 0.6 is 0 Å². The lowest BCUT2D eigenvalue weighted by molar-refractivity contribution is -0.771. The van der Waals surface area contributed by atoms with Gasteiger partial charge in [0.1, 0.15) is 5.92 Å². The summed E-state index contributed by atoms with van der Waals surface area (Å²) in [6.45, 7) is 9.69. The topological polar surface area (TPSA) is 7.76 Å². The summed E-state index contributed by atoms with van der Waals surface area (Å²) in [5.74, 6) is 0.395. The van der Waals surface area contributed by atoms with Gasteiger partial charge in [0.25, 0.3) is 5.54 Å². The zero-order chi connectivity index (χ0) is 25.8. The van der Waals surface area contributed by atoms with Gasteiger partial charge in [-0.3, -0.25) is 0 Å². The number of fused-ring (bicyclic) bond motifs is 13. The zero-order valence-corrected chi connectivity index (χ0v) is 23.4. The van der Waals surface area contributed by atoms with Gasteiger partial charge in [-0.15, -0.1) is 0 Å². The zero-order valence-electron chi connectivity index (χ0n) is 22.4. The predicted molar refractivity (Wildman–Crippen MR) is 156 cm³/mol. The van der Waals surface area contributed by atoms with Gasteiger partial charge in [-0.1, -0.05) is 86.4 Å². The fourth-order valence-electron chi connectivity index (χ4n) is 7.68. The van der Waals surface area contributed by atoms with E-state index >= 15 is 0 Å². The standard InChI is InChI=1S/C35H32N2Si/c1-23-13-12-20-36-33(23)26-17-9-8-16-25(26)32-34(36)35(32)29-19-11-10-18-27(29)30-21-31(38(2,3)4)28(22-37(30)35)24-14-6-5-7-15-24/h5-22,32,34H,1-4H3/q+2.